The van der Waals surface area contributed by atoms with Crippen LogP contribution in [0.3, 0.4) is 0 Å². The fourth-order valence-corrected chi connectivity index (χ4v) is 4.76. The van der Waals surface area contributed by atoms with Crippen LogP contribution in [0.2, 0.25) is 0 Å². The molecule has 226 valence electrons. The molecule has 4 aromatic rings. The zero-order valence-corrected chi connectivity index (χ0v) is 25.2. The summed E-state index contributed by atoms with van der Waals surface area (Å²) in [5, 5.41) is 1.93. The van der Waals surface area contributed by atoms with Crippen LogP contribution in [0.25, 0.3) is 21.9 Å². The number of hydrogen-bond donors (Lipinski definition) is 0. The molecule has 0 radical (unpaired) electrons. The summed E-state index contributed by atoms with van der Waals surface area (Å²) in [5.41, 5.74) is 4.72. The summed E-state index contributed by atoms with van der Waals surface area (Å²) in [4.78, 5) is 27.0. The Labute approximate surface area is 253 Å². The number of hydrogen-bond acceptors (Lipinski definition) is 7. The third kappa shape index (κ3) is 8.88. The lowest BCUT2D eigenvalue weighted by Gasteiger charge is -2.18. The Hall–Kier alpha value is -4.24. The summed E-state index contributed by atoms with van der Waals surface area (Å²) in [6.45, 7) is 3.89. The minimum atomic E-state index is -0.622. The predicted molar refractivity (Wildman–Crippen MR) is 166 cm³/mol. The van der Waals surface area contributed by atoms with Crippen molar-refractivity contribution in [3.8, 4) is 16.9 Å². The second-order valence-corrected chi connectivity index (χ2v) is 10.1. The Bertz CT molecular complexity index is 1500. The van der Waals surface area contributed by atoms with E-state index in [1.807, 2.05) is 92.8 Å². The van der Waals surface area contributed by atoms with Crippen molar-refractivity contribution in [2.45, 2.75) is 26.0 Å². The molecule has 1 amide bonds. The van der Waals surface area contributed by atoms with Gasteiger partial charge in [0.1, 0.15) is 5.75 Å². The average molecular weight is 586 g/mol. The minimum absolute atomic E-state index is 0.0574. The summed E-state index contributed by atoms with van der Waals surface area (Å²) in [7, 11) is 4.80. The van der Waals surface area contributed by atoms with Crippen molar-refractivity contribution >= 4 is 22.6 Å². The molecule has 0 unspecified atom stereocenters. The number of esters is 1. The van der Waals surface area contributed by atoms with Gasteiger partial charge in [-0.3, -0.25) is 4.79 Å². The predicted octanol–water partition coefficient (Wildman–Crippen LogP) is 5.90. The van der Waals surface area contributed by atoms with E-state index in [-0.39, 0.29) is 18.7 Å². The molecule has 0 N–H and O–H groups in total. The van der Waals surface area contributed by atoms with Crippen LogP contribution in [0, 0.1) is 0 Å². The number of carbonyl (C=O) groups excluding carboxylic acids is 2. The summed E-state index contributed by atoms with van der Waals surface area (Å²) >= 11 is 0. The van der Waals surface area contributed by atoms with Crippen molar-refractivity contribution in [2.75, 3.05) is 47.9 Å². The van der Waals surface area contributed by atoms with Crippen molar-refractivity contribution in [2.24, 2.45) is 0 Å². The Morgan fingerprint density at radius 2 is 1.58 bits per heavy atom. The smallest absolute Gasteiger partial charge is 0.335 e. The quantitative estimate of drug-likeness (QED) is 0.0976. The lowest BCUT2D eigenvalue weighted by Crippen LogP contribution is -2.28. The SMILES string of the molecule is CCO[C@@H](Cc1ccc(-c2cccc(CN(C)C(=O)c3ccc4cc(OCOCCOC)ccc4c3)c2)cc1)C(=O)OC. The van der Waals surface area contributed by atoms with Crippen LogP contribution in [-0.4, -0.2) is 70.8 Å². The maximum Gasteiger partial charge on any atom is 0.335 e. The lowest BCUT2D eigenvalue weighted by molar-refractivity contribution is -0.153. The van der Waals surface area contributed by atoms with E-state index in [0.29, 0.717) is 44.1 Å². The second-order valence-electron chi connectivity index (χ2n) is 10.1. The van der Waals surface area contributed by atoms with Crippen LogP contribution in [-0.2, 0) is 36.7 Å². The van der Waals surface area contributed by atoms with Crippen molar-refractivity contribution in [3.05, 3.63) is 102 Å². The molecule has 0 bridgehead atoms. The molecule has 4 rings (SSSR count). The van der Waals surface area contributed by atoms with E-state index in [4.69, 9.17) is 23.7 Å². The number of nitrogens with zero attached hydrogens (tertiary/aromatic N) is 1. The van der Waals surface area contributed by atoms with E-state index in [0.717, 1.165) is 33.0 Å². The minimum Gasteiger partial charge on any atom is -0.468 e. The molecule has 4 aromatic carbocycles. The molecule has 0 spiro atoms. The molecule has 0 aliphatic heterocycles. The fourth-order valence-electron chi connectivity index (χ4n) is 4.76. The first kappa shape index (κ1) is 31.7. The van der Waals surface area contributed by atoms with E-state index in [1.165, 1.54) is 7.11 Å². The summed E-state index contributed by atoms with van der Waals surface area (Å²) < 4.78 is 26.4. The van der Waals surface area contributed by atoms with Crippen molar-refractivity contribution in [1.29, 1.82) is 0 Å². The van der Waals surface area contributed by atoms with Crippen molar-refractivity contribution in [1.82, 2.24) is 4.90 Å². The van der Waals surface area contributed by atoms with Gasteiger partial charge in [0.05, 0.1) is 20.3 Å². The molecule has 0 saturated carbocycles. The van der Waals surface area contributed by atoms with Gasteiger partial charge in [-0.15, -0.1) is 0 Å². The maximum absolute atomic E-state index is 13.3. The highest BCUT2D eigenvalue weighted by Crippen LogP contribution is 2.25. The number of benzene rings is 4. The molecule has 0 aliphatic rings. The molecule has 0 aliphatic carbocycles. The standard InChI is InChI=1S/C35H39NO7/c1-5-42-33(35(38)40-4)20-25-9-11-27(12-10-25)28-8-6-7-26(19-28)23-36(2)34(37)31-14-13-30-22-32(16-15-29(30)21-31)43-24-41-18-17-39-3/h6-16,19,21-22,33H,5,17-18,20,23-24H2,1-4H3/t33-/m0/s1. The number of amides is 1. The van der Waals surface area contributed by atoms with Gasteiger partial charge in [-0.25, -0.2) is 4.79 Å². The van der Waals surface area contributed by atoms with Gasteiger partial charge < -0.3 is 28.6 Å². The Kier molecular flexibility index (Phi) is 11.7. The van der Waals surface area contributed by atoms with Crippen LogP contribution >= 0.6 is 0 Å². The Morgan fingerprint density at radius 1 is 0.814 bits per heavy atom. The van der Waals surface area contributed by atoms with Crippen LogP contribution in [0.15, 0.2) is 84.9 Å². The van der Waals surface area contributed by atoms with E-state index in [9.17, 15) is 9.59 Å². The number of rotatable bonds is 15. The first-order valence-corrected chi connectivity index (χ1v) is 14.3. The molecule has 1 atom stereocenters. The highest BCUT2D eigenvalue weighted by atomic mass is 16.7. The third-order valence-corrected chi connectivity index (χ3v) is 7.03. The molecule has 8 heteroatoms. The first-order chi connectivity index (χ1) is 20.9. The van der Waals surface area contributed by atoms with Crippen molar-refractivity contribution < 1.29 is 33.3 Å². The normalized spacial score (nSPS) is 11.7. The monoisotopic (exact) mass is 585 g/mol. The number of methoxy groups -OCH3 is 2. The van der Waals surface area contributed by atoms with Gasteiger partial charge in [-0.2, -0.15) is 0 Å². The van der Waals surface area contributed by atoms with Crippen LogP contribution < -0.4 is 4.74 Å². The van der Waals surface area contributed by atoms with Gasteiger partial charge in [0.25, 0.3) is 5.91 Å². The summed E-state index contributed by atoms with van der Waals surface area (Å²) in [6, 6.07) is 27.6. The highest BCUT2D eigenvalue weighted by molar-refractivity contribution is 5.98. The van der Waals surface area contributed by atoms with Gasteiger partial charge in [0.2, 0.25) is 0 Å². The van der Waals surface area contributed by atoms with E-state index < -0.39 is 6.10 Å². The average Bonchev–Trinajstić information content (AvgIpc) is 3.04. The Morgan fingerprint density at radius 3 is 2.33 bits per heavy atom. The van der Waals surface area contributed by atoms with Gasteiger partial charge in [0, 0.05) is 39.3 Å². The van der Waals surface area contributed by atoms with Gasteiger partial charge in [0.15, 0.2) is 12.9 Å². The summed E-state index contributed by atoms with van der Waals surface area (Å²) in [5.74, 6) is 0.268. The largest absolute Gasteiger partial charge is 0.468 e. The third-order valence-electron chi connectivity index (χ3n) is 7.03. The zero-order valence-electron chi connectivity index (χ0n) is 25.2. The van der Waals surface area contributed by atoms with E-state index in [1.54, 1.807) is 12.0 Å². The number of fused-ring (bicyclic) bond motifs is 1. The van der Waals surface area contributed by atoms with Crippen LogP contribution in [0.4, 0.5) is 0 Å². The molecule has 0 aromatic heterocycles. The van der Waals surface area contributed by atoms with Crippen LogP contribution in [0.5, 0.6) is 5.75 Å². The fraction of sp³-hybridized carbons (Fsp3) is 0.314. The first-order valence-electron chi connectivity index (χ1n) is 14.3. The molecule has 8 nitrogen and oxygen atoms in total. The molecular formula is C35H39NO7. The topological polar surface area (TPSA) is 83.5 Å². The maximum atomic E-state index is 13.3. The number of carbonyl (C=O) groups is 2. The second kappa shape index (κ2) is 15.8. The molecule has 0 saturated heterocycles. The van der Waals surface area contributed by atoms with Crippen LogP contribution in [0.1, 0.15) is 28.4 Å². The summed E-state index contributed by atoms with van der Waals surface area (Å²) in [6.07, 6.45) is -0.176. The van der Waals surface area contributed by atoms with Gasteiger partial charge in [-0.05, 0) is 70.3 Å². The number of ether oxygens (including phenoxy) is 5. The molecule has 43 heavy (non-hydrogen) atoms. The van der Waals surface area contributed by atoms with Gasteiger partial charge in [-0.1, -0.05) is 54.6 Å². The van der Waals surface area contributed by atoms with Gasteiger partial charge >= 0.3 is 5.97 Å². The Balaban J connectivity index is 1.38. The zero-order chi connectivity index (χ0) is 30.6. The lowest BCUT2D eigenvalue weighted by atomic mass is 9.99. The highest BCUT2D eigenvalue weighted by Gasteiger charge is 2.20. The molecule has 0 heterocycles. The van der Waals surface area contributed by atoms with Crippen molar-refractivity contribution in [3.63, 3.8) is 0 Å². The molecular weight excluding hydrogens is 546 g/mol. The van der Waals surface area contributed by atoms with E-state index in [2.05, 4.69) is 6.07 Å². The van der Waals surface area contributed by atoms with E-state index >= 15 is 0 Å². The molecule has 0 fully saturated rings.